The third kappa shape index (κ3) is 7.15. The Balaban J connectivity index is 1.78. The van der Waals surface area contributed by atoms with Crippen LogP contribution >= 0.6 is 11.6 Å². The van der Waals surface area contributed by atoms with E-state index >= 15 is 0 Å². The molecule has 1 amide bonds. The summed E-state index contributed by atoms with van der Waals surface area (Å²) in [7, 11) is 0. The molecule has 1 atom stereocenters. The van der Waals surface area contributed by atoms with Crippen LogP contribution in [0.15, 0.2) is 54.6 Å². The smallest absolute Gasteiger partial charge is 0.331 e. The highest BCUT2D eigenvalue weighted by atomic mass is 35.5. The van der Waals surface area contributed by atoms with Crippen LogP contribution in [-0.4, -0.2) is 25.1 Å². The molecule has 2 aromatic rings. The quantitative estimate of drug-likeness (QED) is 0.545. The molecule has 2 aromatic carbocycles. The van der Waals surface area contributed by atoms with E-state index in [-0.39, 0.29) is 18.6 Å². The van der Waals surface area contributed by atoms with Crippen LogP contribution in [0.4, 0.5) is 0 Å². The predicted octanol–water partition coefficient (Wildman–Crippen LogP) is 4.17. The number of benzene rings is 2. The summed E-state index contributed by atoms with van der Waals surface area (Å²) in [5.41, 5.74) is 1.70. The summed E-state index contributed by atoms with van der Waals surface area (Å²) < 4.78 is 10.3. The predicted molar refractivity (Wildman–Crippen MR) is 106 cm³/mol. The molecule has 0 aliphatic rings. The van der Waals surface area contributed by atoms with E-state index in [1.54, 1.807) is 18.2 Å². The molecule has 0 aliphatic heterocycles. The Labute approximate surface area is 163 Å². The van der Waals surface area contributed by atoms with Crippen LogP contribution in [0.2, 0.25) is 5.02 Å². The van der Waals surface area contributed by atoms with Crippen LogP contribution < -0.4 is 10.1 Å². The second kappa shape index (κ2) is 10.4. The lowest BCUT2D eigenvalue weighted by Crippen LogP contribution is -2.30. The summed E-state index contributed by atoms with van der Waals surface area (Å²) in [4.78, 5) is 23.7. The van der Waals surface area contributed by atoms with Crippen molar-refractivity contribution in [1.82, 2.24) is 5.32 Å². The van der Waals surface area contributed by atoms with Crippen molar-refractivity contribution in [3.8, 4) is 5.75 Å². The summed E-state index contributed by atoms with van der Waals surface area (Å²) in [5, 5.41) is 3.35. The molecule has 0 aliphatic carbocycles. The molecule has 0 saturated carbocycles. The highest BCUT2D eigenvalue weighted by Crippen LogP contribution is 2.17. The molecular weight excluding hydrogens is 366 g/mol. The van der Waals surface area contributed by atoms with Crippen molar-refractivity contribution >= 4 is 29.6 Å². The van der Waals surface area contributed by atoms with E-state index in [4.69, 9.17) is 21.1 Å². The lowest BCUT2D eigenvalue weighted by Gasteiger charge is -2.14. The molecule has 1 N–H and O–H groups in total. The molecule has 27 heavy (non-hydrogen) atoms. The van der Waals surface area contributed by atoms with Crippen LogP contribution in [0.5, 0.6) is 5.75 Å². The van der Waals surface area contributed by atoms with Crippen molar-refractivity contribution in [3.63, 3.8) is 0 Å². The maximum Gasteiger partial charge on any atom is 0.331 e. The van der Waals surface area contributed by atoms with Crippen LogP contribution in [0.3, 0.4) is 0 Å². The molecule has 0 heterocycles. The van der Waals surface area contributed by atoms with Gasteiger partial charge < -0.3 is 14.8 Å². The van der Waals surface area contributed by atoms with E-state index in [1.807, 2.05) is 50.2 Å². The van der Waals surface area contributed by atoms with Gasteiger partial charge in [-0.25, -0.2) is 4.79 Å². The van der Waals surface area contributed by atoms with Crippen molar-refractivity contribution in [2.24, 2.45) is 0 Å². The van der Waals surface area contributed by atoms with Gasteiger partial charge >= 0.3 is 5.97 Å². The van der Waals surface area contributed by atoms with Gasteiger partial charge in [-0.05, 0) is 55.3 Å². The summed E-state index contributed by atoms with van der Waals surface area (Å²) in [6.45, 7) is 3.99. The van der Waals surface area contributed by atoms with Gasteiger partial charge in [0.2, 0.25) is 0 Å². The fourth-order valence-electron chi connectivity index (χ4n) is 2.33. The molecule has 0 saturated heterocycles. The number of ether oxygens (including phenoxy) is 2. The Hall–Kier alpha value is -2.79. The van der Waals surface area contributed by atoms with E-state index in [0.717, 1.165) is 16.9 Å². The van der Waals surface area contributed by atoms with Crippen molar-refractivity contribution in [2.45, 2.75) is 19.9 Å². The second-order valence-electron chi connectivity index (χ2n) is 5.79. The minimum absolute atomic E-state index is 0.241. The zero-order valence-electron chi connectivity index (χ0n) is 15.3. The molecule has 0 radical (unpaired) electrons. The molecule has 0 aromatic heterocycles. The van der Waals surface area contributed by atoms with E-state index in [1.165, 1.54) is 6.08 Å². The molecule has 2 rings (SSSR count). The van der Waals surface area contributed by atoms with Gasteiger partial charge in [0.05, 0.1) is 12.6 Å². The monoisotopic (exact) mass is 387 g/mol. The number of carbonyl (C=O) groups excluding carboxylic acids is 2. The van der Waals surface area contributed by atoms with Crippen molar-refractivity contribution in [3.05, 3.63) is 70.8 Å². The first-order valence-corrected chi connectivity index (χ1v) is 8.98. The summed E-state index contributed by atoms with van der Waals surface area (Å²) >= 11 is 5.94. The van der Waals surface area contributed by atoms with Gasteiger partial charge in [-0.1, -0.05) is 35.9 Å². The largest absolute Gasteiger partial charge is 0.494 e. The first-order valence-electron chi connectivity index (χ1n) is 8.60. The first kappa shape index (κ1) is 20.5. The lowest BCUT2D eigenvalue weighted by molar-refractivity contribution is -0.144. The molecule has 0 spiro atoms. The molecule has 0 unspecified atom stereocenters. The zero-order chi connectivity index (χ0) is 19.6. The first-order chi connectivity index (χ1) is 13.0. The minimum atomic E-state index is -0.588. The summed E-state index contributed by atoms with van der Waals surface area (Å²) in [6.07, 6.45) is 2.90. The Morgan fingerprint density at radius 1 is 1.19 bits per heavy atom. The normalized spacial score (nSPS) is 11.8. The van der Waals surface area contributed by atoms with Crippen LogP contribution in [-0.2, 0) is 14.3 Å². The van der Waals surface area contributed by atoms with E-state index < -0.39 is 5.97 Å². The van der Waals surface area contributed by atoms with Gasteiger partial charge in [-0.2, -0.15) is 0 Å². The maximum atomic E-state index is 11.9. The molecule has 6 heteroatoms. The number of amides is 1. The van der Waals surface area contributed by atoms with Gasteiger partial charge in [0.15, 0.2) is 6.61 Å². The fourth-order valence-corrected chi connectivity index (χ4v) is 2.53. The van der Waals surface area contributed by atoms with Crippen molar-refractivity contribution < 1.29 is 19.1 Å². The molecule has 0 fully saturated rings. The van der Waals surface area contributed by atoms with Crippen molar-refractivity contribution in [2.75, 3.05) is 13.2 Å². The van der Waals surface area contributed by atoms with Gasteiger partial charge in [0, 0.05) is 11.1 Å². The Morgan fingerprint density at radius 2 is 1.93 bits per heavy atom. The third-order valence-corrected chi connectivity index (χ3v) is 3.91. The average Bonchev–Trinajstić information content (AvgIpc) is 2.66. The molecule has 0 bridgehead atoms. The molecule has 5 nitrogen and oxygen atoms in total. The van der Waals surface area contributed by atoms with Crippen LogP contribution in [0.25, 0.3) is 6.08 Å². The van der Waals surface area contributed by atoms with Gasteiger partial charge in [-0.3, -0.25) is 4.79 Å². The maximum absolute atomic E-state index is 11.9. The van der Waals surface area contributed by atoms with Crippen LogP contribution in [0, 0.1) is 0 Å². The number of halogens is 1. The van der Waals surface area contributed by atoms with E-state index in [2.05, 4.69) is 5.32 Å². The zero-order valence-corrected chi connectivity index (χ0v) is 16.0. The van der Waals surface area contributed by atoms with Gasteiger partial charge in [-0.15, -0.1) is 0 Å². The SMILES string of the molecule is CCOc1ccc(/C=C/C(=O)OCC(=O)N[C@H](C)c2cccc(Cl)c2)cc1. The minimum Gasteiger partial charge on any atom is -0.494 e. The lowest BCUT2D eigenvalue weighted by atomic mass is 10.1. The summed E-state index contributed by atoms with van der Waals surface area (Å²) in [5.74, 6) is -0.206. The van der Waals surface area contributed by atoms with Crippen molar-refractivity contribution in [1.29, 1.82) is 0 Å². The fraction of sp³-hybridized carbons (Fsp3) is 0.238. The second-order valence-corrected chi connectivity index (χ2v) is 6.22. The summed E-state index contributed by atoms with van der Waals surface area (Å²) in [6, 6.07) is 14.3. The number of hydrogen-bond acceptors (Lipinski definition) is 4. The Bertz CT molecular complexity index is 802. The van der Waals surface area contributed by atoms with E-state index in [9.17, 15) is 9.59 Å². The molecular formula is C21H22ClNO4. The number of nitrogens with one attached hydrogen (secondary N) is 1. The van der Waals surface area contributed by atoms with Crippen LogP contribution in [0.1, 0.15) is 31.0 Å². The Morgan fingerprint density at radius 3 is 2.59 bits per heavy atom. The Kier molecular flexibility index (Phi) is 7.89. The standard InChI is InChI=1S/C21H22ClNO4/c1-3-26-19-10-7-16(8-11-19)9-12-21(25)27-14-20(24)23-15(2)17-5-4-6-18(22)13-17/h4-13,15H,3,14H2,1-2H3,(H,23,24)/b12-9+/t15-/m1/s1. The van der Waals surface area contributed by atoms with Gasteiger partial charge in [0.1, 0.15) is 5.75 Å². The number of carbonyl (C=O) groups is 2. The average molecular weight is 388 g/mol. The number of esters is 1. The van der Waals surface area contributed by atoms with E-state index in [0.29, 0.717) is 11.6 Å². The molecule has 142 valence electrons. The number of rotatable bonds is 8. The highest BCUT2D eigenvalue weighted by Gasteiger charge is 2.11. The number of hydrogen-bond donors (Lipinski definition) is 1. The topological polar surface area (TPSA) is 64.6 Å². The highest BCUT2D eigenvalue weighted by molar-refractivity contribution is 6.30. The third-order valence-electron chi connectivity index (χ3n) is 3.67. The van der Waals surface area contributed by atoms with Gasteiger partial charge in [0.25, 0.3) is 5.91 Å².